The number of nitrogens with zero attached hydrogens (tertiary/aromatic N) is 2. The normalized spacial score (nSPS) is 11.2. The zero-order valence-corrected chi connectivity index (χ0v) is 23.4. The Kier molecular flexibility index (Phi) is 8.81. The van der Waals surface area contributed by atoms with Gasteiger partial charge in [0, 0.05) is 39.1 Å². The van der Waals surface area contributed by atoms with Gasteiger partial charge in [0.1, 0.15) is 23.7 Å². The van der Waals surface area contributed by atoms with Crippen molar-refractivity contribution in [3.8, 4) is 27.4 Å². The van der Waals surface area contributed by atoms with Crippen LogP contribution in [-0.2, 0) is 11.2 Å². The van der Waals surface area contributed by atoms with Crippen molar-refractivity contribution in [2.45, 2.75) is 27.2 Å². The number of pyridine rings is 1. The first kappa shape index (κ1) is 27.1. The maximum absolute atomic E-state index is 12.1. The molecule has 0 aliphatic carbocycles. The fraction of sp³-hybridized carbons (Fsp3) is 0.296. The molecule has 4 rings (SSSR count). The molecule has 0 unspecified atom stereocenters. The number of thiazole rings is 1. The van der Waals surface area contributed by atoms with Crippen molar-refractivity contribution in [3.63, 3.8) is 0 Å². The molecule has 0 spiro atoms. The van der Waals surface area contributed by atoms with Crippen LogP contribution in [0.15, 0.2) is 42.6 Å². The van der Waals surface area contributed by atoms with Gasteiger partial charge in [-0.05, 0) is 55.7 Å². The van der Waals surface area contributed by atoms with E-state index in [1.54, 1.807) is 30.7 Å². The van der Waals surface area contributed by atoms with Crippen LogP contribution in [0, 0.1) is 12.8 Å². The van der Waals surface area contributed by atoms with Crippen molar-refractivity contribution in [2.24, 2.45) is 5.92 Å². The molecule has 7 nitrogen and oxygen atoms in total. The van der Waals surface area contributed by atoms with Crippen LogP contribution in [0.3, 0.4) is 0 Å². The van der Waals surface area contributed by atoms with Gasteiger partial charge in [-0.1, -0.05) is 25.4 Å². The van der Waals surface area contributed by atoms with Crippen LogP contribution < -0.4 is 10.1 Å². The average Bonchev–Trinajstić information content (AvgIpc) is 3.46. The molecular formula is C27H28ClN3O4S2. The predicted molar refractivity (Wildman–Crippen MR) is 151 cm³/mol. The van der Waals surface area contributed by atoms with Gasteiger partial charge in [0.15, 0.2) is 5.13 Å². The molecule has 3 heterocycles. The number of benzene rings is 1. The van der Waals surface area contributed by atoms with Crippen molar-refractivity contribution >= 4 is 51.2 Å². The van der Waals surface area contributed by atoms with Crippen LogP contribution in [0.25, 0.3) is 21.7 Å². The number of carbonyl (C=O) groups is 1. The van der Waals surface area contributed by atoms with E-state index in [1.807, 2.05) is 37.3 Å². The van der Waals surface area contributed by atoms with E-state index in [2.05, 4.69) is 24.1 Å². The summed E-state index contributed by atoms with van der Waals surface area (Å²) in [5.41, 5.74) is 2.52. The Morgan fingerprint density at radius 3 is 2.59 bits per heavy atom. The van der Waals surface area contributed by atoms with Crippen molar-refractivity contribution in [2.75, 3.05) is 25.6 Å². The van der Waals surface area contributed by atoms with Gasteiger partial charge < -0.3 is 19.9 Å². The summed E-state index contributed by atoms with van der Waals surface area (Å²) in [5, 5.41) is 14.1. The van der Waals surface area contributed by atoms with Crippen LogP contribution in [0.5, 0.6) is 5.75 Å². The predicted octanol–water partition coefficient (Wildman–Crippen LogP) is 7.56. The number of halogens is 1. The molecule has 0 aliphatic rings. The quantitative estimate of drug-likeness (QED) is 0.184. The lowest BCUT2D eigenvalue weighted by atomic mass is 10.0. The third-order valence-corrected chi connectivity index (χ3v) is 7.75. The summed E-state index contributed by atoms with van der Waals surface area (Å²) in [7, 11) is 1.62. The van der Waals surface area contributed by atoms with Crippen LogP contribution in [0.1, 0.15) is 34.0 Å². The Hall–Kier alpha value is -2.98. The zero-order chi connectivity index (χ0) is 26.5. The largest absolute Gasteiger partial charge is 0.490 e. The van der Waals surface area contributed by atoms with Gasteiger partial charge >= 0.3 is 5.97 Å². The molecule has 0 atom stereocenters. The Morgan fingerprint density at radius 1 is 1.14 bits per heavy atom. The fourth-order valence-electron chi connectivity index (χ4n) is 3.69. The van der Waals surface area contributed by atoms with Crippen molar-refractivity contribution in [3.05, 3.63) is 62.9 Å². The summed E-state index contributed by atoms with van der Waals surface area (Å²) >= 11 is 9.58. The number of aryl methyl sites for hydroxylation is 1. The maximum atomic E-state index is 12.1. The molecule has 0 saturated heterocycles. The van der Waals surface area contributed by atoms with Crippen molar-refractivity contribution in [1.29, 1.82) is 0 Å². The lowest BCUT2D eigenvalue weighted by Crippen LogP contribution is -2.05. The highest BCUT2D eigenvalue weighted by Crippen LogP contribution is 2.38. The van der Waals surface area contributed by atoms with Gasteiger partial charge in [-0.2, -0.15) is 0 Å². The molecule has 4 aromatic rings. The Balaban J connectivity index is 1.65. The van der Waals surface area contributed by atoms with Gasteiger partial charge in [-0.3, -0.25) is 0 Å². The number of carboxylic acids is 1. The average molecular weight is 558 g/mol. The zero-order valence-electron chi connectivity index (χ0n) is 21.0. The number of carboxylic acid groups (broad SMARTS) is 1. The third-order valence-electron chi connectivity index (χ3n) is 5.41. The van der Waals surface area contributed by atoms with E-state index in [9.17, 15) is 9.90 Å². The van der Waals surface area contributed by atoms with Gasteiger partial charge in [0.2, 0.25) is 0 Å². The van der Waals surface area contributed by atoms with E-state index >= 15 is 0 Å². The third kappa shape index (κ3) is 6.67. The summed E-state index contributed by atoms with van der Waals surface area (Å²) in [6, 6.07) is 11.2. The molecule has 2 N–H and O–H groups in total. The summed E-state index contributed by atoms with van der Waals surface area (Å²) in [4.78, 5) is 24.5. The summed E-state index contributed by atoms with van der Waals surface area (Å²) in [6.45, 7) is 7.18. The highest BCUT2D eigenvalue weighted by Gasteiger charge is 2.19. The minimum absolute atomic E-state index is 0.0892. The topological polar surface area (TPSA) is 93.6 Å². The molecular weight excluding hydrogens is 530 g/mol. The maximum Gasteiger partial charge on any atom is 0.339 e. The number of aromatic nitrogens is 2. The standard InChI is InChI=1S/C27H28ClN3O4S2/c1-15(2)11-23-24(17-6-7-21(20(28)13-17)35-10-9-34-4)30-27(37-23)31-25-19(26(32)33)12-18(14-29-25)22-8-5-16(3)36-22/h5-8,12-15H,9-11H2,1-4H3,(H,32,33)(H,29,30,31). The molecule has 0 aliphatic heterocycles. The van der Waals surface area contributed by atoms with E-state index in [-0.39, 0.29) is 11.4 Å². The molecule has 0 saturated carbocycles. The number of rotatable bonds is 11. The number of nitrogens with one attached hydrogen (secondary N) is 1. The fourth-order valence-corrected chi connectivity index (χ4v) is 5.97. The second kappa shape index (κ2) is 12.0. The monoisotopic (exact) mass is 557 g/mol. The SMILES string of the molecule is COCCOc1ccc(-c2nc(Nc3ncc(-c4ccc(C)s4)cc3C(=O)O)sc2CC(C)C)cc1Cl. The Labute approximate surface area is 229 Å². The van der Waals surface area contributed by atoms with Crippen LogP contribution in [0.2, 0.25) is 5.02 Å². The Bertz CT molecular complexity index is 1400. The van der Waals surface area contributed by atoms with Gasteiger partial charge in [0.25, 0.3) is 0 Å². The van der Waals surface area contributed by atoms with Crippen LogP contribution in [0.4, 0.5) is 10.9 Å². The van der Waals surface area contributed by atoms with E-state index in [0.717, 1.165) is 37.9 Å². The van der Waals surface area contributed by atoms with E-state index in [0.29, 0.717) is 35.0 Å². The highest BCUT2D eigenvalue weighted by molar-refractivity contribution is 7.16. The number of methoxy groups -OCH3 is 1. The summed E-state index contributed by atoms with van der Waals surface area (Å²) in [6.07, 6.45) is 2.50. The molecule has 0 fully saturated rings. The van der Waals surface area contributed by atoms with Crippen LogP contribution >= 0.6 is 34.3 Å². The van der Waals surface area contributed by atoms with E-state index in [4.69, 9.17) is 26.1 Å². The van der Waals surface area contributed by atoms with Gasteiger partial charge in [-0.25, -0.2) is 14.8 Å². The first-order chi connectivity index (χ1) is 17.7. The van der Waals surface area contributed by atoms with Gasteiger partial charge in [0.05, 0.1) is 17.3 Å². The second-order valence-corrected chi connectivity index (χ2v) is 11.6. The number of aromatic carboxylic acids is 1. The van der Waals surface area contributed by atoms with E-state index in [1.165, 1.54) is 11.3 Å². The minimum Gasteiger partial charge on any atom is -0.490 e. The summed E-state index contributed by atoms with van der Waals surface area (Å²) < 4.78 is 10.7. The van der Waals surface area contributed by atoms with Gasteiger partial charge in [-0.15, -0.1) is 22.7 Å². The second-order valence-electron chi connectivity index (χ2n) is 8.84. The molecule has 1 aromatic carbocycles. The van der Waals surface area contributed by atoms with Crippen molar-refractivity contribution in [1.82, 2.24) is 9.97 Å². The molecule has 3 aromatic heterocycles. The molecule has 0 bridgehead atoms. The summed E-state index contributed by atoms with van der Waals surface area (Å²) in [5.74, 6) is 0.180. The molecule has 194 valence electrons. The highest BCUT2D eigenvalue weighted by atomic mass is 35.5. The lowest BCUT2D eigenvalue weighted by molar-refractivity contribution is 0.0697. The first-order valence-electron chi connectivity index (χ1n) is 11.7. The lowest BCUT2D eigenvalue weighted by Gasteiger charge is -2.10. The molecule has 0 amide bonds. The number of anilines is 2. The van der Waals surface area contributed by atoms with Crippen molar-refractivity contribution < 1.29 is 19.4 Å². The number of hydrogen-bond acceptors (Lipinski definition) is 8. The minimum atomic E-state index is -1.06. The molecule has 37 heavy (non-hydrogen) atoms. The Morgan fingerprint density at radius 2 is 1.95 bits per heavy atom. The number of thiophene rings is 1. The first-order valence-corrected chi connectivity index (χ1v) is 13.7. The number of hydrogen-bond donors (Lipinski definition) is 2. The molecule has 10 heteroatoms. The number of ether oxygens (including phenoxy) is 2. The smallest absolute Gasteiger partial charge is 0.339 e. The van der Waals surface area contributed by atoms with E-state index < -0.39 is 5.97 Å². The van der Waals surface area contributed by atoms with Crippen LogP contribution in [-0.4, -0.2) is 41.4 Å². The molecule has 0 radical (unpaired) electrons.